The highest BCUT2D eigenvalue weighted by Crippen LogP contribution is 2.37. The Hall–Kier alpha value is -3.31. The summed E-state index contributed by atoms with van der Waals surface area (Å²) in [6.45, 7) is 6.80. The molecular weight excluding hydrogens is 506 g/mol. The SMILES string of the molecule is COc1cccc(Cn2c(C)c(C)c3cc(C(=O)C4CCCCC4)nc(N4CCc5ccccc5C4)c32)c1.Cl. The number of fused-ring (bicyclic) bond motifs is 2. The van der Waals surface area contributed by atoms with Gasteiger partial charge in [-0.15, -0.1) is 12.4 Å². The van der Waals surface area contributed by atoms with Crippen LogP contribution < -0.4 is 9.64 Å². The first-order valence-corrected chi connectivity index (χ1v) is 14.0. The summed E-state index contributed by atoms with van der Waals surface area (Å²) < 4.78 is 7.89. The number of hydrogen-bond donors (Lipinski definition) is 0. The van der Waals surface area contributed by atoms with E-state index in [9.17, 15) is 4.79 Å². The van der Waals surface area contributed by atoms with Crippen molar-refractivity contribution in [1.29, 1.82) is 0 Å². The standard InChI is InChI=1S/C33H37N3O2.ClH/c1-22-23(2)36(20-24-10-9-15-28(18-24)38-3)31-29(22)19-30(32(37)26-12-5-4-6-13-26)34-33(31)35-17-16-25-11-7-8-14-27(25)21-35;/h7-11,14-15,18-19,26H,4-6,12-13,16-17,20-21H2,1-3H3;1H. The van der Waals surface area contributed by atoms with Gasteiger partial charge in [0.05, 0.1) is 12.6 Å². The molecule has 0 amide bonds. The van der Waals surface area contributed by atoms with Crippen LogP contribution in [-0.4, -0.2) is 29.0 Å². The highest BCUT2D eigenvalue weighted by Gasteiger charge is 2.28. The number of benzene rings is 2. The van der Waals surface area contributed by atoms with E-state index in [0.717, 1.165) is 74.2 Å². The van der Waals surface area contributed by atoms with Crippen LogP contribution in [0.25, 0.3) is 10.9 Å². The minimum atomic E-state index is 0. The van der Waals surface area contributed by atoms with Crippen molar-refractivity contribution in [3.05, 3.63) is 88.2 Å². The molecule has 0 N–H and O–H groups in total. The number of halogens is 1. The minimum absolute atomic E-state index is 0. The molecule has 0 bridgehead atoms. The molecule has 6 heteroatoms. The molecule has 6 rings (SSSR count). The largest absolute Gasteiger partial charge is 0.497 e. The first-order chi connectivity index (χ1) is 18.5. The molecule has 1 aliphatic heterocycles. The summed E-state index contributed by atoms with van der Waals surface area (Å²) in [5, 5.41) is 1.15. The summed E-state index contributed by atoms with van der Waals surface area (Å²) in [5.41, 5.74) is 8.14. The molecule has 3 heterocycles. The van der Waals surface area contributed by atoms with Crippen LogP contribution >= 0.6 is 12.4 Å². The molecule has 0 atom stereocenters. The van der Waals surface area contributed by atoms with Gasteiger partial charge < -0.3 is 14.2 Å². The summed E-state index contributed by atoms with van der Waals surface area (Å²) in [5.74, 6) is 2.13. The van der Waals surface area contributed by atoms with Gasteiger partial charge in [0.25, 0.3) is 0 Å². The molecule has 0 radical (unpaired) electrons. The van der Waals surface area contributed by atoms with Crippen molar-refractivity contribution in [3.8, 4) is 5.75 Å². The number of carbonyl (C=O) groups is 1. The van der Waals surface area contributed by atoms with E-state index in [1.54, 1.807) is 7.11 Å². The molecule has 1 saturated carbocycles. The second kappa shape index (κ2) is 11.4. The molecule has 204 valence electrons. The zero-order valence-electron chi connectivity index (χ0n) is 23.2. The van der Waals surface area contributed by atoms with E-state index in [2.05, 4.69) is 65.8 Å². The maximum atomic E-state index is 13.7. The van der Waals surface area contributed by atoms with Crippen LogP contribution in [0.3, 0.4) is 0 Å². The quantitative estimate of drug-likeness (QED) is 0.237. The van der Waals surface area contributed by atoms with E-state index in [1.165, 1.54) is 34.4 Å². The number of pyridine rings is 1. The van der Waals surface area contributed by atoms with Crippen molar-refractivity contribution in [2.24, 2.45) is 5.92 Å². The third-order valence-corrected chi connectivity index (χ3v) is 8.73. The van der Waals surface area contributed by atoms with Gasteiger partial charge in [-0.3, -0.25) is 4.79 Å². The normalized spacial score (nSPS) is 15.6. The van der Waals surface area contributed by atoms with E-state index in [-0.39, 0.29) is 24.1 Å². The number of hydrogen-bond acceptors (Lipinski definition) is 4. The Bertz CT molecular complexity index is 1500. The Morgan fingerprint density at radius 1 is 1.00 bits per heavy atom. The summed E-state index contributed by atoms with van der Waals surface area (Å²) in [6.07, 6.45) is 6.47. The van der Waals surface area contributed by atoms with Gasteiger partial charge in [-0.05, 0) is 73.6 Å². The molecule has 39 heavy (non-hydrogen) atoms. The van der Waals surface area contributed by atoms with Gasteiger partial charge in [0.1, 0.15) is 11.4 Å². The number of rotatable bonds is 6. The number of anilines is 1. The average molecular weight is 544 g/mol. The molecule has 0 spiro atoms. The van der Waals surface area contributed by atoms with Crippen LogP contribution in [0, 0.1) is 19.8 Å². The fourth-order valence-corrected chi connectivity index (χ4v) is 6.39. The predicted octanol–water partition coefficient (Wildman–Crippen LogP) is 7.46. The molecule has 4 aromatic rings. The monoisotopic (exact) mass is 543 g/mol. The van der Waals surface area contributed by atoms with Gasteiger partial charge in [-0.25, -0.2) is 4.98 Å². The molecule has 0 saturated heterocycles. The van der Waals surface area contributed by atoms with Gasteiger partial charge in [-0.2, -0.15) is 0 Å². The smallest absolute Gasteiger partial charge is 0.184 e. The first kappa shape index (κ1) is 27.3. The maximum Gasteiger partial charge on any atom is 0.184 e. The predicted molar refractivity (Wildman–Crippen MR) is 161 cm³/mol. The van der Waals surface area contributed by atoms with Crippen molar-refractivity contribution in [3.63, 3.8) is 0 Å². The van der Waals surface area contributed by atoms with Crippen LogP contribution in [0.15, 0.2) is 54.6 Å². The van der Waals surface area contributed by atoms with Crippen LogP contribution in [0.1, 0.15) is 70.5 Å². The van der Waals surface area contributed by atoms with Crippen LogP contribution in [0.4, 0.5) is 5.82 Å². The Balaban J connectivity index is 0.00000308. The molecule has 5 nitrogen and oxygen atoms in total. The Labute approximate surface area is 237 Å². The van der Waals surface area contributed by atoms with Gasteiger partial charge >= 0.3 is 0 Å². The van der Waals surface area contributed by atoms with E-state index in [1.807, 2.05) is 12.1 Å². The van der Waals surface area contributed by atoms with Crippen molar-refractivity contribution in [1.82, 2.24) is 9.55 Å². The molecule has 2 aliphatic rings. The van der Waals surface area contributed by atoms with Gasteiger partial charge in [0, 0.05) is 36.6 Å². The van der Waals surface area contributed by atoms with Crippen molar-refractivity contribution >= 4 is 34.9 Å². The van der Waals surface area contributed by atoms with Crippen molar-refractivity contribution < 1.29 is 9.53 Å². The lowest BCUT2D eigenvalue weighted by molar-refractivity contribution is 0.0884. The molecule has 1 aliphatic carbocycles. The van der Waals surface area contributed by atoms with Crippen LogP contribution in [0.5, 0.6) is 5.75 Å². The third-order valence-electron chi connectivity index (χ3n) is 8.73. The molecule has 1 fully saturated rings. The Kier molecular flexibility index (Phi) is 7.99. The van der Waals surface area contributed by atoms with E-state index in [0.29, 0.717) is 5.69 Å². The summed E-state index contributed by atoms with van der Waals surface area (Å²) in [4.78, 5) is 21.3. The lowest BCUT2D eigenvalue weighted by Crippen LogP contribution is -2.32. The molecule has 2 aromatic heterocycles. The number of aryl methyl sites for hydroxylation is 1. The Morgan fingerprint density at radius 2 is 1.77 bits per heavy atom. The molecule has 2 aromatic carbocycles. The third kappa shape index (κ3) is 5.17. The topological polar surface area (TPSA) is 47.4 Å². The Morgan fingerprint density at radius 3 is 2.54 bits per heavy atom. The number of methoxy groups -OCH3 is 1. The number of aromatic nitrogens is 2. The van der Waals surface area contributed by atoms with Gasteiger partial charge in [0.2, 0.25) is 0 Å². The second-order valence-electron chi connectivity index (χ2n) is 11.0. The lowest BCUT2D eigenvalue weighted by Gasteiger charge is -2.31. The summed E-state index contributed by atoms with van der Waals surface area (Å²) >= 11 is 0. The second-order valence-corrected chi connectivity index (χ2v) is 11.0. The number of ether oxygens (including phenoxy) is 1. The number of Topliss-reactive ketones (excluding diaryl/α,β-unsaturated/α-hetero) is 1. The maximum absolute atomic E-state index is 13.7. The highest BCUT2D eigenvalue weighted by molar-refractivity contribution is 6.03. The first-order valence-electron chi connectivity index (χ1n) is 14.0. The fraction of sp³-hybridized carbons (Fsp3) is 0.394. The highest BCUT2D eigenvalue weighted by atomic mass is 35.5. The average Bonchev–Trinajstić information content (AvgIpc) is 3.21. The molecular formula is C33H38ClN3O2. The lowest BCUT2D eigenvalue weighted by atomic mass is 9.85. The van der Waals surface area contributed by atoms with Crippen LogP contribution in [0.2, 0.25) is 0 Å². The van der Waals surface area contributed by atoms with Crippen LogP contribution in [-0.2, 0) is 19.5 Å². The van der Waals surface area contributed by atoms with E-state index in [4.69, 9.17) is 9.72 Å². The van der Waals surface area contributed by atoms with Gasteiger partial charge in [0.15, 0.2) is 11.6 Å². The fourth-order valence-electron chi connectivity index (χ4n) is 6.39. The number of carbonyl (C=O) groups excluding carboxylic acids is 1. The van der Waals surface area contributed by atoms with E-state index >= 15 is 0 Å². The zero-order chi connectivity index (χ0) is 26.2. The minimum Gasteiger partial charge on any atom is -0.497 e. The van der Waals surface area contributed by atoms with E-state index < -0.39 is 0 Å². The number of ketones is 1. The van der Waals surface area contributed by atoms with Gasteiger partial charge in [-0.1, -0.05) is 55.7 Å². The number of nitrogens with zero attached hydrogens (tertiary/aromatic N) is 3. The zero-order valence-corrected chi connectivity index (χ0v) is 24.0. The molecule has 0 unspecified atom stereocenters. The summed E-state index contributed by atoms with van der Waals surface area (Å²) in [6, 6.07) is 19.1. The van der Waals surface area contributed by atoms with Crippen molar-refractivity contribution in [2.75, 3.05) is 18.6 Å². The summed E-state index contributed by atoms with van der Waals surface area (Å²) in [7, 11) is 1.71. The van der Waals surface area contributed by atoms with Crippen molar-refractivity contribution in [2.45, 2.75) is 65.5 Å².